The third-order valence-electron chi connectivity index (χ3n) is 3.84. The van der Waals surface area contributed by atoms with Crippen LogP contribution in [-0.4, -0.2) is 40.4 Å². The average Bonchev–Trinajstić information content (AvgIpc) is 2.94. The lowest BCUT2D eigenvalue weighted by Gasteiger charge is -2.05. The first-order chi connectivity index (χ1) is 10.6. The van der Waals surface area contributed by atoms with Crippen molar-refractivity contribution in [3.8, 4) is 0 Å². The standard InChI is InChI=1S/C14H20N4O4S/c1-9-12(10(2)18(4)16-9)5-6-15-23(21,22)11-7-13(14(19)20)17(3)8-11/h7-8,15H,5-6H2,1-4H3,(H,19,20). The van der Waals surface area contributed by atoms with Gasteiger partial charge in [0.05, 0.1) is 5.69 Å². The van der Waals surface area contributed by atoms with Crippen LogP contribution < -0.4 is 4.72 Å². The fourth-order valence-corrected chi connectivity index (χ4v) is 3.57. The molecule has 0 aromatic carbocycles. The molecular weight excluding hydrogens is 320 g/mol. The van der Waals surface area contributed by atoms with Gasteiger partial charge in [-0.05, 0) is 31.9 Å². The van der Waals surface area contributed by atoms with Gasteiger partial charge in [-0.15, -0.1) is 0 Å². The summed E-state index contributed by atoms with van der Waals surface area (Å²) in [6, 6.07) is 1.14. The maximum atomic E-state index is 12.2. The summed E-state index contributed by atoms with van der Waals surface area (Å²) in [7, 11) is -0.414. The second kappa shape index (κ2) is 6.17. The van der Waals surface area contributed by atoms with Crippen molar-refractivity contribution >= 4 is 16.0 Å². The number of aromatic carboxylic acids is 1. The molecule has 126 valence electrons. The van der Waals surface area contributed by atoms with Crippen LogP contribution in [0.2, 0.25) is 0 Å². The zero-order valence-electron chi connectivity index (χ0n) is 13.5. The van der Waals surface area contributed by atoms with Crippen LogP contribution in [0.25, 0.3) is 0 Å². The first-order valence-electron chi connectivity index (χ1n) is 7.02. The van der Waals surface area contributed by atoms with E-state index in [1.54, 1.807) is 4.68 Å². The number of nitrogens with zero attached hydrogens (tertiary/aromatic N) is 3. The molecule has 0 saturated heterocycles. The summed E-state index contributed by atoms with van der Waals surface area (Å²) in [6.45, 7) is 4.03. The van der Waals surface area contributed by atoms with Crippen LogP contribution in [0.5, 0.6) is 0 Å². The van der Waals surface area contributed by atoms with Crippen molar-refractivity contribution in [3.05, 3.63) is 34.9 Å². The van der Waals surface area contributed by atoms with E-state index in [9.17, 15) is 13.2 Å². The zero-order valence-corrected chi connectivity index (χ0v) is 14.3. The van der Waals surface area contributed by atoms with Gasteiger partial charge >= 0.3 is 5.97 Å². The highest BCUT2D eigenvalue weighted by atomic mass is 32.2. The highest BCUT2D eigenvalue weighted by Crippen LogP contribution is 2.15. The third kappa shape index (κ3) is 3.45. The smallest absolute Gasteiger partial charge is 0.352 e. The molecule has 9 heteroatoms. The summed E-state index contributed by atoms with van der Waals surface area (Å²) in [6.07, 6.45) is 1.80. The second-order valence-electron chi connectivity index (χ2n) is 5.40. The number of nitrogens with one attached hydrogen (secondary N) is 1. The Hall–Kier alpha value is -2.13. The largest absolute Gasteiger partial charge is 0.477 e. The molecule has 0 amide bonds. The molecule has 8 nitrogen and oxygen atoms in total. The Labute approximate surface area is 134 Å². The Morgan fingerprint density at radius 2 is 2.00 bits per heavy atom. The monoisotopic (exact) mass is 340 g/mol. The maximum absolute atomic E-state index is 12.2. The van der Waals surface area contributed by atoms with Gasteiger partial charge in [-0.1, -0.05) is 0 Å². The van der Waals surface area contributed by atoms with E-state index < -0.39 is 16.0 Å². The first-order valence-corrected chi connectivity index (χ1v) is 8.50. The number of aryl methyl sites for hydroxylation is 3. The zero-order chi connectivity index (χ0) is 17.4. The molecule has 2 heterocycles. The molecule has 0 saturated carbocycles. The van der Waals surface area contributed by atoms with Gasteiger partial charge in [0, 0.05) is 32.5 Å². The van der Waals surface area contributed by atoms with Crippen LogP contribution in [0.1, 0.15) is 27.4 Å². The number of carboxylic acid groups (broad SMARTS) is 1. The Kier molecular flexibility index (Phi) is 4.62. The molecule has 2 aromatic rings. The molecule has 0 radical (unpaired) electrons. The fraction of sp³-hybridized carbons (Fsp3) is 0.429. The highest BCUT2D eigenvalue weighted by molar-refractivity contribution is 7.89. The Morgan fingerprint density at radius 3 is 2.48 bits per heavy atom. The number of rotatable bonds is 6. The van der Waals surface area contributed by atoms with Crippen molar-refractivity contribution in [1.82, 2.24) is 19.1 Å². The molecule has 2 aromatic heterocycles. The van der Waals surface area contributed by atoms with E-state index in [4.69, 9.17) is 5.11 Å². The number of hydrogen-bond donors (Lipinski definition) is 2. The molecule has 0 atom stereocenters. The fourth-order valence-electron chi connectivity index (χ4n) is 2.47. The van der Waals surface area contributed by atoms with Gasteiger partial charge in [0.2, 0.25) is 10.0 Å². The van der Waals surface area contributed by atoms with Crippen molar-refractivity contribution in [2.45, 2.75) is 25.2 Å². The van der Waals surface area contributed by atoms with Crippen LogP contribution in [0, 0.1) is 13.8 Å². The molecule has 2 rings (SSSR count). The first kappa shape index (κ1) is 17.2. The van der Waals surface area contributed by atoms with E-state index >= 15 is 0 Å². The van der Waals surface area contributed by atoms with Crippen LogP contribution in [0.15, 0.2) is 17.2 Å². The molecule has 0 spiro atoms. The van der Waals surface area contributed by atoms with Gasteiger partial charge in [-0.25, -0.2) is 17.9 Å². The van der Waals surface area contributed by atoms with E-state index in [1.807, 2.05) is 20.9 Å². The molecule has 0 aliphatic carbocycles. The van der Waals surface area contributed by atoms with Crippen molar-refractivity contribution < 1.29 is 18.3 Å². The second-order valence-corrected chi connectivity index (χ2v) is 7.16. The topological polar surface area (TPSA) is 106 Å². The SMILES string of the molecule is Cc1nn(C)c(C)c1CCNS(=O)(=O)c1cc(C(=O)O)n(C)c1. The predicted octanol–water partition coefficient (Wildman–Crippen LogP) is 0.595. The van der Waals surface area contributed by atoms with E-state index in [0.29, 0.717) is 6.42 Å². The Balaban J connectivity index is 2.10. The predicted molar refractivity (Wildman–Crippen MR) is 83.9 cm³/mol. The average molecular weight is 340 g/mol. The Bertz CT molecular complexity index is 848. The minimum atomic E-state index is -3.75. The minimum absolute atomic E-state index is 0.0583. The van der Waals surface area contributed by atoms with Gasteiger partial charge in [-0.2, -0.15) is 5.10 Å². The van der Waals surface area contributed by atoms with Crippen molar-refractivity contribution in [2.24, 2.45) is 14.1 Å². The minimum Gasteiger partial charge on any atom is -0.477 e. The van der Waals surface area contributed by atoms with Crippen molar-refractivity contribution in [1.29, 1.82) is 0 Å². The molecule has 0 aliphatic rings. The summed E-state index contributed by atoms with van der Waals surface area (Å²) < 4.78 is 30.0. The van der Waals surface area contributed by atoms with Gasteiger partial charge < -0.3 is 9.67 Å². The number of hydrogen-bond acceptors (Lipinski definition) is 4. The lowest BCUT2D eigenvalue weighted by molar-refractivity contribution is 0.0686. The summed E-state index contributed by atoms with van der Waals surface area (Å²) in [4.78, 5) is 10.9. The maximum Gasteiger partial charge on any atom is 0.352 e. The molecule has 23 heavy (non-hydrogen) atoms. The van der Waals surface area contributed by atoms with Gasteiger partial charge in [-0.3, -0.25) is 4.68 Å². The number of sulfonamides is 1. The van der Waals surface area contributed by atoms with Crippen LogP contribution in [0.4, 0.5) is 0 Å². The van der Waals surface area contributed by atoms with Crippen molar-refractivity contribution in [2.75, 3.05) is 6.54 Å². The summed E-state index contributed by atoms with van der Waals surface area (Å²) in [5.41, 5.74) is 2.80. The molecule has 0 fully saturated rings. The van der Waals surface area contributed by atoms with Crippen molar-refractivity contribution in [3.63, 3.8) is 0 Å². The van der Waals surface area contributed by atoms with Gasteiger partial charge in [0.25, 0.3) is 0 Å². The summed E-state index contributed by atoms with van der Waals surface area (Å²) >= 11 is 0. The number of carboxylic acids is 1. The van der Waals surface area contributed by atoms with E-state index in [-0.39, 0.29) is 17.1 Å². The highest BCUT2D eigenvalue weighted by Gasteiger charge is 2.20. The van der Waals surface area contributed by atoms with Gasteiger partial charge in [0.1, 0.15) is 10.6 Å². The van der Waals surface area contributed by atoms with Crippen LogP contribution in [0.3, 0.4) is 0 Å². The molecule has 2 N–H and O–H groups in total. The number of aromatic nitrogens is 3. The normalized spacial score (nSPS) is 11.8. The molecule has 0 aliphatic heterocycles. The van der Waals surface area contributed by atoms with E-state index in [2.05, 4.69) is 9.82 Å². The van der Waals surface area contributed by atoms with Gasteiger partial charge in [0.15, 0.2) is 0 Å². The summed E-state index contributed by atoms with van der Waals surface area (Å²) in [5, 5.41) is 13.3. The van der Waals surface area contributed by atoms with E-state index in [1.165, 1.54) is 17.8 Å². The van der Waals surface area contributed by atoms with E-state index in [0.717, 1.165) is 23.0 Å². The molecule has 0 bridgehead atoms. The summed E-state index contributed by atoms with van der Waals surface area (Å²) in [5.74, 6) is -1.17. The third-order valence-corrected chi connectivity index (χ3v) is 5.26. The molecular formula is C14H20N4O4S. The molecule has 0 unspecified atom stereocenters. The lowest BCUT2D eigenvalue weighted by atomic mass is 10.1. The van der Waals surface area contributed by atoms with Crippen LogP contribution >= 0.6 is 0 Å². The number of carbonyl (C=O) groups is 1. The lowest BCUT2D eigenvalue weighted by Crippen LogP contribution is -2.26. The van der Waals surface area contributed by atoms with Crippen LogP contribution in [-0.2, 0) is 30.5 Å². The quantitative estimate of drug-likeness (QED) is 0.801. The Morgan fingerprint density at radius 1 is 1.35 bits per heavy atom.